The molecule has 5 rings (SSSR count). The average molecular weight is 485 g/mol. The summed E-state index contributed by atoms with van der Waals surface area (Å²) in [5, 5.41) is 2.91. The van der Waals surface area contributed by atoms with Crippen LogP contribution >= 0.6 is 0 Å². The molecular weight excluding hydrogens is 451 g/mol. The van der Waals surface area contributed by atoms with Crippen LogP contribution < -0.4 is 10.2 Å². The molecule has 1 aliphatic heterocycles. The van der Waals surface area contributed by atoms with Crippen LogP contribution in [0.15, 0.2) is 66.7 Å². The van der Waals surface area contributed by atoms with E-state index in [1.807, 2.05) is 36.4 Å². The Morgan fingerprint density at radius 2 is 1.89 bits per heavy atom. The highest BCUT2D eigenvalue weighted by atomic mass is 19.1. The number of amides is 2. The Kier molecular flexibility index (Phi) is 6.90. The van der Waals surface area contributed by atoms with E-state index in [2.05, 4.69) is 19.2 Å². The van der Waals surface area contributed by atoms with Gasteiger partial charge in [0.25, 0.3) is 11.8 Å². The molecule has 5 heteroatoms. The summed E-state index contributed by atoms with van der Waals surface area (Å²) in [6.45, 7) is 5.00. The summed E-state index contributed by atoms with van der Waals surface area (Å²) in [6.07, 6.45) is 5.04. The molecule has 3 aromatic rings. The van der Waals surface area contributed by atoms with Gasteiger partial charge in [-0.3, -0.25) is 9.59 Å². The molecule has 0 saturated heterocycles. The van der Waals surface area contributed by atoms with Crippen LogP contribution in [0.4, 0.5) is 15.8 Å². The van der Waals surface area contributed by atoms with E-state index in [0.29, 0.717) is 47.3 Å². The van der Waals surface area contributed by atoms with E-state index in [9.17, 15) is 9.59 Å². The van der Waals surface area contributed by atoms with E-state index in [0.717, 1.165) is 36.8 Å². The molecule has 0 radical (unpaired) electrons. The molecule has 1 aliphatic carbocycles. The van der Waals surface area contributed by atoms with Crippen molar-refractivity contribution in [3.05, 3.63) is 94.8 Å². The maximum absolute atomic E-state index is 15.2. The first kappa shape index (κ1) is 24.2. The Balaban J connectivity index is 1.29. The number of carbonyl (C=O) groups is 2. The van der Waals surface area contributed by atoms with E-state index in [4.69, 9.17) is 0 Å². The summed E-state index contributed by atoms with van der Waals surface area (Å²) in [5.74, 6) is 1.08. The van der Waals surface area contributed by atoms with Gasteiger partial charge in [0.1, 0.15) is 5.82 Å². The maximum atomic E-state index is 15.2. The van der Waals surface area contributed by atoms with Gasteiger partial charge in [-0.05, 0) is 97.0 Å². The fraction of sp³-hybridized carbons (Fsp3) is 0.355. The van der Waals surface area contributed by atoms with Crippen molar-refractivity contribution in [2.45, 2.75) is 51.9 Å². The van der Waals surface area contributed by atoms with Crippen molar-refractivity contribution in [3.8, 4) is 0 Å². The molecule has 2 aliphatic rings. The number of hydrogen-bond donors (Lipinski definition) is 1. The molecule has 1 saturated carbocycles. The summed E-state index contributed by atoms with van der Waals surface area (Å²) in [6, 6.07) is 19.7. The van der Waals surface area contributed by atoms with Gasteiger partial charge >= 0.3 is 0 Å². The lowest BCUT2D eigenvalue weighted by Crippen LogP contribution is -2.37. The van der Waals surface area contributed by atoms with Gasteiger partial charge < -0.3 is 10.2 Å². The van der Waals surface area contributed by atoms with Crippen molar-refractivity contribution < 1.29 is 14.0 Å². The van der Waals surface area contributed by atoms with Gasteiger partial charge in [0.2, 0.25) is 0 Å². The highest BCUT2D eigenvalue weighted by Crippen LogP contribution is 2.43. The second-order valence-electron chi connectivity index (χ2n) is 10.3. The number of halogens is 1. The molecule has 4 nitrogen and oxygen atoms in total. The molecule has 2 amide bonds. The van der Waals surface area contributed by atoms with Crippen molar-refractivity contribution in [1.82, 2.24) is 0 Å². The van der Waals surface area contributed by atoms with Gasteiger partial charge in [0, 0.05) is 29.0 Å². The van der Waals surface area contributed by atoms with Crippen molar-refractivity contribution >= 4 is 23.2 Å². The topological polar surface area (TPSA) is 49.4 Å². The molecule has 1 heterocycles. The molecule has 186 valence electrons. The van der Waals surface area contributed by atoms with Gasteiger partial charge in [0.15, 0.2) is 0 Å². The third-order valence-electron chi connectivity index (χ3n) is 8.14. The van der Waals surface area contributed by atoms with Gasteiger partial charge in [-0.2, -0.15) is 0 Å². The predicted octanol–water partition coefficient (Wildman–Crippen LogP) is 7.21. The van der Waals surface area contributed by atoms with Gasteiger partial charge in [-0.25, -0.2) is 4.39 Å². The van der Waals surface area contributed by atoms with Gasteiger partial charge in [-0.1, -0.05) is 44.5 Å². The molecule has 2 unspecified atom stereocenters. The monoisotopic (exact) mass is 484 g/mol. The molecule has 3 aromatic carbocycles. The van der Waals surface area contributed by atoms with Crippen LogP contribution in [0.1, 0.15) is 77.3 Å². The van der Waals surface area contributed by atoms with Crippen molar-refractivity contribution in [1.29, 1.82) is 0 Å². The van der Waals surface area contributed by atoms with E-state index in [1.54, 1.807) is 29.2 Å². The van der Waals surface area contributed by atoms with E-state index in [1.165, 1.54) is 6.07 Å². The highest BCUT2D eigenvalue weighted by molar-refractivity contribution is 6.09. The zero-order valence-electron chi connectivity index (χ0n) is 21.0. The summed E-state index contributed by atoms with van der Waals surface area (Å²) < 4.78 is 15.2. The summed E-state index contributed by atoms with van der Waals surface area (Å²) in [4.78, 5) is 27.4. The SMILES string of the molecule is CCC(C)[C@@H]1CCC(c2ccc(N3CCc4cc(NC(=O)c5ccccc5)ccc4C3=O)cc2F)C1. The highest BCUT2D eigenvalue weighted by Gasteiger charge is 2.31. The first-order chi connectivity index (χ1) is 17.4. The fourth-order valence-corrected chi connectivity index (χ4v) is 5.77. The zero-order valence-corrected chi connectivity index (χ0v) is 21.0. The lowest BCUT2D eigenvalue weighted by atomic mass is 9.88. The number of nitrogens with zero attached hydrogens (tertiary/aromatic N) is 1. The number of rotatable bonds is 6. The van der Waals surface area contributed by atoms with Crippen LogP contribution in [0.5, 0.6) is 0 Å². The Labute approximate surface area is 212 Å². The first-order valence-corrected chi connectivity index (χ1v) is 13.0. The minimum Gasteiger partial charge on any atom is -0.322 e. The zero-order chi connectivity index (χ0) is 25.2. The molecule has 0 bridgehead atoms. The first-order valence-electron chi connectivity index (χ1n) is 13.0. The quantitative estimate of drug-likeness (QED) is 0.402. The lowest BCUT2D eigenvalue weighted by Gasteiger charge is -2.29. The summed E-state index contributed by atoms with van der Waals surface area (Å²) in [5.41, 5.74) is 4.11. The standard InChI is InChI=1S/C31H33FN2O2/c1-3-20(2)22-9-10-23(17-22)27-14-12-26(19-29(27)32)34-16-15-24-18-25(11-13-28(24)31(34)36)33-30(35)21-7-5-4-6-8-21/h4-8,11-14,18-20,22-23H,3,9-10,15-17H2,1-2H3,(H,33,35)/t20?,22-,23?/m1/s1. The Morgan fingerprint density at radius 1 is 1.08 bits per heavy atom. The van der Waals surface area contributed by atoms with Gasteiger partial charge in [-0.15, -0.1) is 0 Å². The minimum atomic E-state index is -0.208. The van der Waals surface area contributed by atoms with Crippen LogP contribution in [0.2, 0.25) is 0 Å². The third-order valence-corrected chi connectivity index (χ3v) is 8.14. The van der Waals surface area contributed by atoms with Crippen molar-refractivity contribution in [2.75, 3.05) is 16.8 Å². The normalized spacial score (nSPS) is 20.2. The molecule has 1 fully saturated rings. The Bertz CT molecular complexity index is 1270. The molecular formula is C31H33FN2O2. The minimum absolute atomic E-state index is 0.137. The molecule has 36 heavy (non-hydrogen) atoms. The smallest absolute Gasteiger partial charge is 0.258 e. The predicted molar refractivity (Wildman–Crippen MR) is 142 cm³/mol. The maximum Gasteiger partial charge on any atom is 0.258 e. The largest absolute Gasteiger partial charge is 0.322 e. The second-order valence-corrected chi connectivity index (χ2v) is 10.3. The van der Waals surface area contributed by atoms with Crippen LogP contribution in [-0.2, 0) is 6.42 Å². The van der Waals surface area contributed by atoms with Crippen LogP contribution in [-0.4, -0.2) is 18.4 Å². The van der Waals surface area contributed by atoms with E-state index >= 15 is 4.39 Å². The van der Waals surface area contributed by atoms with Crippen LogP contribution in [0.25, 0.3) is 0 Å². The molecule has 0 spiro atoms. The Hall–Kier alpha value is -3.47. The fourth-order valence-electron chi connectivity index (χ4n) is 5.77. The van der Waals surface area contributed by atoms with Gasteiger partial charge in [0.05, 0.1) is 0 Å². The summed E-state index contributed by atoms with van der Waals surface area (Å²) in [7, 11) is 0. The molecule has 3 atom stereocenters. The number of fused-ring (bicyclic) bond motifs is 1. The number of hydrogen-bond acceptors (Lipinski definition) is 2. The second kappa shape index (κ2) is 10.3. The number of carbonyl (C=O) groups excluding carboxylic acids is 2. The molecule has 1 N–H and O–H groups in total. The average Bonchev–Trinajstić information content (AvgIpc) is 3.39. The van der Waals surface area contributed by atoms with Crippen molar-refractivity contribution in [2.24, 2.45) is 11.8 Å². The third kappa shape index (κ3) is 4.79. The summed E-state index contributed by atoms with van der Waals surface area (Å²) >= 11 is 0. The van der Waals surface area contributed by atoms with E-state index < -0.39 is 0 Å². The molecule has 0 aromatic heterocycles. The number of benzene rings is 3. The lowest BCUT2D eigenvalue weighted by molar-refractivity contribution is 0.0979. The number of nitrogens with one attached hydrogen (secondary N) is 1. The Morgan fingerprint density at radius 3 is 2.64 bits per heavy atom. The van der Waals surface area contributed by atoms with Crippen LogP contribution in [0.3, 0.4) is 0 Å². The van der Waals surface area contributed by atoms with Crippen LogP contribution in [0, 0.1) is 17.7 Å². The number of anilines is 2. The van der Waals surface area contributed by atoms with E-state index in [-0.39, 0.29) is 23.5 Å². The van der Waals surface area contributed by atoms with Crippen molar-refractivity contribution in [3.63, 3.8) is 0 Å².